The highest BCUT2D eigenvalue weighted by Gasteiger charge is 2.33. The van der Waals surface area contributed by atoms with Crippen LogP contribution in [0.3, 0.4) is 0 Å². The lowest BCUT2D eigenvalue weighted by Crippen LogP contribution is -2.29. The average molecular weight is 232 g/mol. The van der Waals surface area contributed by atoms with E-state index in [-0.39, 0.29) is 0 Å². The van der Waals surface area contributed by atoms with Gasteiger partial charge in [0.1, 0.15) is 7.28 Å². The number of unbranched alkanes of at least 4 members (excludes halogenated alkanes) is 4. The average Bonchev–Trinajstić information content (AvgIpc) is 2.36. The summed E-state index contributed by atoms with van der Waals surface area (Å²) < 4.78 is 0. The quantitative estimate of drug-likeness (QED) is 0.324. The topological polar surface area (TPSA) is 0 Å². The molecule has 2 bridgehead atoms. The second-order valence-corrected chi connectivity index (χ2v) is 6.41. The second-order valence-electron chi connectivity index (χ2n) is 6.41. The Hall–Kier alpha value is -0.195. The van der Waals surface area contributed by atoms with E-state index in [4.69, 9.17) is 0 Å². The van der Waals surface area contributed by atoms with Gasteiger partial charge in [-0.15, -0.1) is 6.58 Å². The molecule has 0 saturated carbocycles. The molecule has 0 amide bonds. The van der Waals surface area contributed by atoms with Crippen LogP contribution in [0.25, 0.3) is 0 Å². The van der Waals surface area contributed by atoms with E-state index in [1.165, 1.54) is 44.9 Å². The molecule has 2 saturated heterocycles. The fraction of sp³-hybridized carbons (Fsp3) is 0.875. The fourth-order valence-electron chi connectivity index (χ4n) is 4.14. The Balaban J connectivity index is 1.57. The van der Waals surface area contributed by atoms with Crippen molar-refractivity contribution in [1.82, 2.24) is 0 Å². The first-order valence-corrected chi connectivity index (χ1v) is 8.01. The highest BCUT2D eigenvalue weighted by molar-refractivity contribution is 6.40. The van der Waals surface area contributed by atoms with Crippen LogP contribution in [0, 0.1) is 5.92 Å². The molecular weight excluding hydrogens is 203 g/mol. The monoisotopic (exact) mass is 232 g/mol. The van der Waals surface area contributed by atoms with Crippen LogP contribution < -0.4 is 0 Å². The van der Waals surface area contributed by atoms with Crippen molar-refractivity contribution in [1.29, 1.82) is 0 Å². The molecule has 2 aliphatic rings. The van der Waals surface area contributed by atoms with Crippen molar-refractivity contribution < 1.29 is 0 Å². The maximum atomic E-state index is 3.79. The third-order valence-electron chi connectivity index (χ3n) is 5.17. The lowest BCUT2D eigenvalue weighted by atomic mass is 9.41. The molecule has 3 atom stereocenters. The van der Waals surface area contributed by atoms with Crippen molar-refractivity contribution >= 4 is 7.28 Å². The van der Waals surface area contributed by atoms with Crippen molar-refractivity contribution in [3.63, 3.8) is 0 Å². The standard InChI is InChI=1S/C16H29B/c1-2-3-4-5-6-7-9-14-12-13-15-10-8-11-16(14)17-15/h2,14-17H,1,3-13H2. The number of hydrogen-bond acceptors (Lipinski definition) is 0. The van der Waals surface area contributed by atoms with Crippen molar-refractivity contribution in [2.75, 3.05) is 0 Å². The summed E-state index contributed by atoms with van der Waals surface area (Å²) in [5.74, 6) is 3.35. The summed E-state index contributed by atoms with van der Waals surface area (Å²) in [7, 11) is 1.58. The number of fused-ring (bicyclic) bond motifs is 2. The molecule has 0 spiro atoms. The summed E-state index contributed by atoms with van der Waals surface area (Å²) in [6.07, 6.45) is 18.3. The van der Waals surface area contributed by atoms with Gasteiger partial charge < -0.3 is 0 Å². The summed E-state index contributed by atoms with van der Waals surface area (Å²) in [5.41, 5.74) is 0. The molecule has 2 aliphatic heterocycles. The molecule has 2 heterocycles. The van der Waals surface area contributed by atoms with Crippen LogP contribution in [0.4, 0.5) is 0 Å². The van der Waals surface area contributed by atoms with Crippen LogP contribution in [0.5, 0.6) is 0 Å². The predicted molar refractivity (Wildman–Crippen MR) is 79.1 cm³/mol. The lowest BCUT2D eigenvalue weighted by Gasteiger charge is -2.39. The minimum absolute atomic E-state index is 1.10. The molecule has 2 rings (SSSR count). The molecule has 2 fully saturated rings. The van der Waals surface area contributed by atoms with Crippen molar-refractivity contribution in [2.24, 2.45) is 5.92 Å². The summed E-state index contributed by atoms with van der Waals surface area (Å²) in [6.45, 7) is 3.79. The van der Waals surface area contributed by atoms with Crippen LogP contribution >= 0.6 is 0 Å². The van der Waals surface area contributed by atoms with Gasteiger partial charge in [-0.2, -0.15) is 0 Å². The number of allylic oxidation sites excluding steroid dienone is 1. The number of hydrogen-bond donors (Lipinski definition) is 0. The van der Waals surface area contributed by atoms with Gasteiger partial charge in [0.25, 0.3) is 0 Å². The van der Waals surface area contributed by atoms with Gasteiger partial charge in [0.05, 0.1) is 0 Å². The van der Waals surface area contributed by atoms with Crippen molar-refractivity contribution in [3.8, 4) is 0 Å². The molecule has 1 heteroatoms. The molecule has 0 aromatic heterocycles. The van der Waals surface area contributed by atoms with E-state index in [1.807, 2.05) is 0 Å². The van der Waals surface area contributed by atoms with E-state index >= 15 is 0 Å². The maximum Gasteiger partial charge on any atom is 0.127 e. The largest absolute Gasteiger partial charge is 0.127 e. The molecule has 0 N–H and O–H groups in total. The Bertz CT molecular complexity index is 224. The molecule has 0 aromatic carbocycles. The summed E-state index contributed by atoms with van der Waals surface area (Å²) in [5, 5.41) is 0. The molecule has 0 nitrogen and oxygen atoms in total. The maximum absolute atomic E-state index is 3.79. The Labute approximate surface area is 108 Å². The molecule has 0 aliphatic carbocycles. The molecule has 0 radical (unpaired) electrons. The fourth-order valence-corrected chi connectivity index (χ4v) is 4.14. The van der Waals surface area contributed by atoms with E-state index in [1.54, 1.807) is 33.0 Å². The van der Waals surface area contributed by atoms with Gasteiger partial charge in [-0.05, 0) is 18.8 Å². The normalized spacial score (nSPS) is 31.9. The number of rotatable bonds is 7. The molecule has 96 valence electrons. The third kappa shape index (κ3) is 4.19. The minimum atomic E-state index is 1.10. The van der Waals surface area contributed by atoms with Crippen LogP contribution in [0.1, 0.15) is 70.6 Å². The second kappa shape index (κ2) is 7.29. The molecule has 0 aromatic rings. The van der Waals surface area contributed by atoms with Crippen LogP contribution in [-0.4, -0.2) is 7.28 Å². The highest BCUT2D eigenvalue weighted by atomic mass is 14.3. The first kappa shape index (κ1) is 13.2. The Morgan fingerprint density at radius 2 is 1.88 bits per heavy atom. The van der Waals surface area contributed by atoms with E-state index in [0.29, 0.717) is 0 Å². The molecule has 17 heavy (non-hydrogen) atoms. The zero-order valence-electron chi connectivity index (χ0n) is 11.5. The minimum Gasteiger partial charge on any atom is -0.103 e. The SMILES string of the molecule is C=CCCCCCCC1CCC2BC1CCC2. The van der Waals surface area contributed by atoms with Gasteiger partial charge in [-0.1, -0.05) is 75.5 Å². The van der Waals surface area contributed by atoms with Crippen molar-refractivity contribution in [3.05, 3.63) is 12.7 Å². The van der Waals surface area contributed by atoms with Crippen LogP contribution in [0.15, 0.2) is 12.7 Å². The van der Waals surface area contributed by atoms with E-state index < -0.39 is 0 Å². The first-order valence-electron chi connectivity index (χ1n) is 8.01. The summed E-state index contributed by atoms with van der Waals surface area (Å²) in [4.78, 5) is 0. The Morgan fingerprint density at radius 3 is 2.76 bits per heavy atom. The van der Waals surface area contributed by atoms with Crippen LogP contribution in [0.2, 0.25) is 11.6 Å². The van der Waals surface area contributed by atoms with Gasteiger partial charge in [-0.3, -0.25) is 0 Å². The summed E-state index contributed by atoms with van der Waals surface area (Å²) >= 11 is 0. The van der Waals surface area contributed by atoms with Gasteiger partial charge >= 0.3 is 0 Å². The summed E-state index contributed by atoms with van der Waals surface area (Å²) in [6, 6.07) is 0. The Morgan fingerprint density at radius 1 is 1.00 bits per heavy atom. The third-order valence-corrected chi connectivity index (χ3v) is 5.17. The zero-order chi connectivity index (χ0) is 11.9. The smallest absolute Gasteiger partial charge is 0.103 e. The van der Waals surface area contributed by atoms with Gasteiger partial charge in [0.2, 0.25) is 0 Å². The zero-order valence-corrected chi connectivity index (χ0v) is 11.5. The van der Waals surface area contributed by atoms with Crippen molar-refractivity contribution in [2.45, 2.75) is 82.3 Å². The highest BCUT2D eigenvalue weighted by Crippen LogP contribution is 2.46. The van der Waals surface area contributed by atoms with Gasteiger partial charge in [0, 0.05) is 0 Å². The lowest BCUT2D eigenvalue weighted by molar-refractivity contribution is 0.316. The van der Waals surface area contributed by atoms with E-state index in [0.717, 1.165) is 17.6 Å². The van der Waals surface area contributed by atoms with E-state index in [2.05, 4.69) is 12.7 Å². The Kier molecular flexibility index (Phi) is 5.68. The predicted octanol–water partition coefficient (Wildman–Crippen LogP) is 5.12. The van der Waals surface area contributed by atoms with Crippen LogP contribution in [-0.2, 0) is 0 Å². The first-order chi connectivity index (χ1) is 8.40. The van der Waals surface area contributed by atoms with Gasteiger partial charge in [0.15, 0.2) is 0 Å². The van der Waals surface area contributed by atoms with Gasteiger partial charge in [-0.25, -0.2) is 0 Å². The molecule has 3 unspecified atom stereocenters. The van der Waals surface area contributed by atoms with E-state index in [9.17, 15) is 0 Å². The molecular formula is C16H29B.